The fraction of sp³-hybridized carbons (Fsp3) is 0.357. The second-order valence-electron chi connectivity index (χ2n) is 4.54. The first-order valence-electron chi connectivity index (χ1n) is 5.87. The van der Waals surface area contributed by atoms with Crippen LogP contribution in [0.3, 0.4) is 0 Å². The molecule has 90 valence electrons. The lowest BCUT2D eigenvalue weighted by Gasteiger charge is -2.08. The standard InChI is InChI=1S/C14H18N2S/c1-9(2)13-10(3)17-14(16-13)12(15)11-7-5-4-6-8-11/h4-9,12H,15H2,1-3H3. The molecule has 1 aromatic carbocycles. The predicted molar refractivity (Wildman–Crippen MR) is 73.4 cm³/mol. The third-order valence-corrected chi connectivity index (χ3v) is 3.89. The smallest absolute Gasteiger partial charge is 0.114 e. The Morgan fingerprint density at radius 1 is 1.18 bits per heavy atom. The van der Waals surface area contributed by atoms with E-state index < -0.39 is 0 Å². The first-order chi connectivity index (χ1) is 8.09. The van der Waals surface area contributed by atoms with Crippen molar-refractivity contribution < 1.29 is 0 Å². The lowest BCUT2D eigenvalue weighted by atomic mass is 10.1. The zero-order valence-corrected chi connectivity index (χ0v) is 11.3. The molecule has 1 atom stereocenters. The number of hydrogen-bond acceptors (Lipinski definition) is 3. The molecule has 3 heteroatoms. The zero-order valence-electron chi connectivity index (χ0n) is 10.5. The van der Waals surface area contributed by atoms with Crippen molar-refractivity contribution in [2.45, 2.75) is 32.7 Å². The summed E-state index contributed by atoms with van der Waals surface area (Å²) >= 11 is 1.71. The number of hydrogen-bond donors (Lipinski definition) is 1. The van der Waals surface area contributed by atoms with Gasteiger partial charge in [0.1, 0.15) is 5.01 Å². The van der Waals surface area contributed by atoms with E-state index in [4.69, 9.17) is 5.73 Å². The second kappa shape index (κ2) is 4.98. The lowest BCUT2D eigenvalue weighted by Crippen LogP contribution is -2.11. The molecule has 0 saturated heterocycles. The van der Waals surface area contributed by atoms with E-state index in [1.807, 2.05) is 18.2 Å². The monoisotopic (exact) mass is 246 g/mol. The maximum atomic E-state index is 6.25. The number of nitrogens with zero attached hydrogens (tertiary/aromatic N) is 1. The highest BCUT2D eigenvalue weighted by atomic mass is 32.1. The number of nitrogens with two attached hydrogens (primary N) is 1. The van der Waals surface area contributed by atoms with Crippen LogP contribution < -0.4 is 5.73 Å². The molecular formula is C14H18N2S. The molecule has 1 heterocycles. The van der Waals surface area contributed by atoms with Gasteiger partial charge in [-0.1, -0.05) is 44.2 Å². The van der Waals surface area contributed by atoms with E-state index in [9.17, 15) is 0 Å². The first-order valence-corrected chi connectivity index (χ1v) is 6.69. The molecule has 0 radical (unpaired) electrons. The van der Waals surface area contributed by atoms with E-state index in [2.05, 4.69) is 37.9 Å². The molecular weight excluding hydrogens is 228 g/mol. The molecule has 1 unspecified atom stereocenters. The van der Waals surface area contributed by atoms with Crippen molar-refractivity contribution in [2.75, 3.05) is 0 Å². The van der Waals surface area contributed by atoms with Gasteiger partial charge in [-0.2, -0.15) is 0 Å². The third-order valence-electron chi connectivity index (χ3n) is 2.82. The van der Waals surface area contributed by atoms with Crippen molar-refractivity contribution >= 4 is 11.3 Å². The Kier molecular flexibility index (Phi) is 3.60. The van der Waals surface area contributed by atoms with Crippen LogP contribution in [0.5, 0.6) is 0 Å². The van der Waals surface area contributed by atoms with E-state index in [1.165, 1.54) is 10.6 Å². The molecule has 0 spiro atoms. The number of aryl methyl sites for hydroxylation is 1. The van der Waals surface area contributed by atoms with Crippen LogP contribution in [0.4, 0.5) is 0 Å². The molecule has 1 aromatic heterocycles. The minimum absolute atomic E-state index is 0.104. The van der Waals surface area contributed by atoms with E-state index in [-0.39, 0.29) is 6.04 Å². The molecule has 17 heavy (non-hydrogen) atoms. The van der Waals surface area contributed by atoms with Crippen LogP contribution in [-0.4, -0.2) is 4.98 Å². The van der Waals surface area contributed by atoms with Gasteiger partial charge in [-0.15, -0.1) is 11.3 Å². The van der Waals surface area contributed by atoms with Crippen LogP contribution in [0, 0.1) is 6.92 Å². The largest absolute Gasteiger partial charge is 0.318 e. The van der Waals surface area contributed by atoms with Gasteiger partial charge in [0, 0.05) is 4.88 Å². The van der Waals surface area contributed by atoms with Gasteiger partial charge < -0.3 is 5.73 Å². The van der Waals surface area contributed by atoms with Crippen LogP contribution in [0.25, 0.3) is 0 Å². The Balaban J connectivity index is 2.32. The van der Waals surface area contributed by atoms with Gasteiger partial charge in [0.15, 0.2) is 0 Å². The maximum Gasteiger partial charge on any atom is 0.114 e. The highest BCUT2D eigenvalue weighted by Gasteiger charge is 2.16. The Labute approximate surface area is 107 Å². The third kappa shape index (κ3) is 2.56. The molecule has 0 aliphatic rings. The molecule has 2 rings (SSSR count). The normalized spacial score (nSPS) is 13.0. The molecule has 0 aliphatic heterocycles. The number of rotatable bonds is 3. The topological polar surface area (TPSA) is 38.9 Å². The van der Waals surface area contributed by atoms with Crippen LogP contribution in [0.1, 0.15) is 46.9 Å². The molecule has 0 fully saturated rings. The summed E-state index contributed by atoms with van der Waals surface area (Å²) in [7, 11) is 0. The van der Waals surface area contributed by atoms with Gasteiger partial charge in [-0.05, 0) is 18.4 Å². The highest BCUT2D eigenvalue weighted by Crippen LogP contribution is 2.29. The zero-order chi connectivity index (χ0) is 12.4. The highest BCUT2D eigenvalue weighted by molar-refractivity contribution is 7.11. The molecule has 2 N–H and O–H groups in total. The van der Waals surface area contributed by atoms with Gasteiger partial charge in [0.2, 0.25) is 0 Å². The fourth-order valence-electron chi connectivity index (χ4n) is 1.90. The van der Waals surface area contributed by atoms with Gasteiger partial charge in [-0.3, -0.25) is 0 Å². The molecule has 0 saturated carbocycles. The molecule has 0 bridgehead atoms. The minimum Gasteiger partial charge on any atom is -0.318 e. The van der Waals surface area contributed by atoms with E-state index in [0.717, 1.165) is 10.6 Å². The Morgan fingerprint density at radius 2 is 1.82 bits per heavy atom. The maximum absolute atomic E-state index is 6.25. The van der Waals surface area contributed by atoms with Crippen LogP contribution in [-0.2, 0) is 0 Å². The molecule has 2 aromatic rings. The summed E-state index contributed by atoms with van der Waals surface area (Å²) < 4.78 is 0. The van der Waals surface area contributed by atoms with E-state index in [1.54, 1.807) is 11.3 Å². The summed E-state index contributed by atoms with van der Waals surface area (Å²) in [6.07, 6.45) is 0. The van der Waals surface area contributed by atoms with Crippen molar-refractivity contribution in [1.82, 2.24) is 4.98 Å². The number of thiazole rings is 1. The van der Waals surface area contributed by atoms with Gasteiger partial charge in [0.05, 0.1) is 11.7 Å². The Hall–Kier alpha value is -1.19. The van der Waals surface area contributed by atoms with Crippen LogP contribution in [0.2, 0.25) is 0 Å². The van der Waals surface area contributed by atoms with Crippen molar-refractivity contribution in [3.8, 4) is 0 Å². The lowest BCUT2D eigenvalue weighted by molar-refractivity contribution is 0.790. The first kappa shape index (κ1) is 12.3. The minimum atomic E-state index is -0.104. The SMILES string of the molecule is Cc1sc(C(N)c2ccccc2)nc1C(C)C. The Bertz CT molecular complexity index is 488. The number of benzene rings is 1. The summed E-state index contributed by atoms with van der Waals surface area (Å²) in [5.41, 5.74) is 8.55. The predicted octanol–water partition coefficient (Wildman–Crippen LogP) is 3.62. The quantitative estimate of drug-likeness (QED) is 0.898. The van der Waals surface area contributed by atoms with E-state index >= 15 is 0 Å². The Morgan fingerprint density at radius 3 is 2.35 bits per heavy atom. The summed E-state index contributed by atoms with van der Waals surface area (Å²) in [4.78, 5) is 5.96. The van der Waals surface area contributed by atoms with Crippen molar-refractivity contribution in [3.05, 3.63) is 51.5 Å². The summed E-state index contributed by atoms with van der Waals surface area (Å²) in [5.74, 6) is 0.461. The summed E-state index contributed by atoms with van der Waals surface area (Å²) in [5, 5.41) is 1.01. The second-order valence-corrected chi connectivity index (χ2v) is 5.77. The summed E-state index contributed by atoms with van der Waals surface area (Å²) in [6, 6.07) is 10.0. The fourth-order valence-corrected chi connectivity index (χ4v) is 3.01. The van der Waals surface area contributed by atoms with Crippen molar-refractivity contribution in [2.24, 2.45) is 5.73 Å². The van der Waals surface area contributed by atoms with Crippen molar-refractivity contribution in [3.63, 3.8) is 0 Å². The number of aromatic nitrogens is 1. The average Bonchev–Trinajstić information content (AvgIpc) is 2.71. The van der Waals surface area contributed by atoms with Crippen LogP contribution in [0.15, 0.2) is 30.3 Å². The van der Waals surface area contributed by atoms with Crippen molar-refractivity contribution in [1.29, 1.82) is 0 Å². The molecule has 0 aliphatic carbocycles. The molecule has 0 amide bonds. The summed E-state index contributed by atoms with van der Waals surface area (Å²) in [6.45, 7) is 6.45. The van der Waals surface area contributed by atoms with Gasteiger partial charge in [0.25, 0.3) is 0 Å². The van der Waals surface area contributed by atoms with Gasteiger partial charge >= 0.3 is 0 Å². The van der Waals surface area contributed by atoms with Gasteiger partial charge in [-0.25, -0.2) is 4.98 Å². The van der Waals surface area contributed by atoms with E-state index in [0.29, 0.717) is 5.92 Å². The average molecular weight is 246 g/mol. The van der Waals surface area contributed by atoms with Crippen LogP contribution >= 0.6 is 11.3 Å². The molecule has 2 nitrogen and oxygen atoms in total.